The standard InChI is InChI=1S/C17H16N2O3/c1-2-11-6-5-7-12(10-11)18-16(20)15-17(21)19-13-8-3-4-9-14(13)22-15/h3-10,15H,2H2,1H3,(H,18,20)(H,19,21)/t15-/m1/s1. The van der Waals surface area contributed by atoms with E-state index in [0.29, 0.717) is 17.1 Å². The van der Waals surface area contributed by atoms with Gasteiger partial charge in [0.15, 0.2) is 0 Å². The zero-order valence-corrected chi connectivity index (χ0v) is 12.1. The first kappa shape index (κ1) is 14.1. The summed E-state index contributed by atoms with van der Waals surface area (Å²) < 4.78 is 5.51. The summed E-state index contributed by atoms with van der Waals surface area (Å²) in [6.45, 7) is 2.04. The molecule has 0 spiro atoms. The normalized spacial score (nSPS) is 16.2. The summed E-state index contributed by atoms with van der Waals surface area (Å²) in [6, 6.07) is 14.5. The molecule has 5 heteroatoms. The highest BCUT2D eigenvalue weighted by atomic mass is 16.5. The quantitative estimate of drug-likeness (QED) is 0.855. The van der Waals surface area contributed by atoms with Gasteiger partial charge in [0, 0.05) is 5.69 Å². The number of para-hydroxylation sites is 2. The molecule has 0 unspecified atom stereocenters. The van der Waals surface area contributed by atoms with Crippen LogP contribution in [0.25, 0.3) is 0 Å². The van der Waals surface area contributed by atoms with E-state index in [1.54, 1.807) is 30.3 Å². The predicted molar refractivity (Wildman–Crippen MR) is 83.9 cm³/mol. The zero-order valence-electron chi connectivity index (χ0n) is 12.1. The van der Waals surface area contributed by atoms with Crippen molar-refractivity contribution < 1.29 is 14.3 Å². The summed E-state index contributed by atoms with van der Waals surface area (Å²) in [4.78, 5) is 24.3. The van der Waals surface area contributed by atoms with Crippen molar-refractivity contribution in [2.75, 3.05) is 10.6 Å². The molecule has 2 N–H and O–H groups in total. The lowest BCUT2D eigenvalue weighted by atomic mass is 10.1. The summed E-state index contributed by atoms with van der Waals surface area (Å²) >= 11 is 0. The summed E-state index contributed by atoms with van der Waals surface area (Å²) in [6.07, 6.45) is -0.322. The second kappa shape index (κ2) is 5.89. The van der Waals surface area contributed by atoms with Crippen molar-refractivity contribution in [1.82, 2.24) is 0 Å². The maximum atomic E-state index is 12.3. The monoisotopic (exact) mass is 296 g/mol. The van der Waals surface area contributed by atoms with Crippen LogP contribution in [0, 0.1) is 0 Å². The van der Waals surface area contributed by atoms with Gasteiger partial charge in [0.05, 0.1) is 5.69 Å². The Morgan fingerprint density at radius 3 is 2.86 bits per heavy atom. The molecular weight excluding hydrogens is 280 g/mol. The van der Waals surface area contributed by atoms with Gasteiger partial charge in [0.2, 0.25) is 0 Å². The zero-order chi connectivity index (χ0) is 15.5. The number of fused-ring (bicyclic) bond motifs is 1. The maximum Gasteiger partial charge on any atom is 0.275 e. The molecule has 3 rings (SSSR count). The number of aryl methyl sites for hydroxylation is 1. The van der Waals surface area contributed by atoms with Gasteiger partial charge in [-0.2, -0.15) is 0 Å². The van der Waals surface area contributed by atoms with E-state index in [0.717, 1.165) is 12.0 Å². The van der Waals surface area contributed by atoms with Gasteiger partial charge >= 0.3 is 0 Å². The second-order valence-electron chi connectivity index (χ2n) is 5.03. The summed E-state index contributed by atoms with van der Waals surface area (Å²) in [5.74, 6) is -0.465. The third kappa shape index (κ3) is 2.79. The van der Waals surface area contributed by atoms with Crippen LogP contribution in [0.15, 0.2) is 48.5 Å². The number of hydrogen-bond acceptors (Lipinski definition) is 3. The molecular formula is C17H16N2O3. The van der Waals surface area contributed by atoms with E-state index in [9.17, 15) is 9.59 Å². The Balaban J connectivity index is 1.76. The molecule has 1 heterocycles. The second-order valence-corrected chi connectivity index (χ2v) is 5.03. The topological polar surface area (TPSA) is 67.4 Å². The minimum atomic E-state index is -1.19. The van der Waals surface area contributed by atoms with E-state index in [1.165, 1.54) is 0 Å². The number of benzene rings is 2. The van der Waals surface area contributed by atoms with E-state index in [-0.39, 0.29) is 0 Å². The van der Waals surface area contributed by atoms with Gasteiger partial charge in [-0.1, -0.05) is 31.2 Å². The lowest BCUT2D eigenvalue weighted by molar-refractivity contribution is -0.133. The van der Waals surface area contributed by atoms with Crippen molar-refractivity contribution in [2.45, 2.75) is 19.4 Å². The summed E-state index contributed by atoms with van der Waals surface area (Å²) in [5.41, 5.74) is 2.33. The van der Waals surface area contributed by atoms with E-state index >= 15 is 0 Å². The first-order chi connectivity index (χ1) is 10.7. The van der Waals surface area contributed by atoms with Crippen LogP contribution in [0.1, 0.15) is 12.5 Å². The number of ether oxygens (including phenoxy) is 1. The molecule has 2 aromatic rings. The highest BCUT2D eigenvalue weighted by molar-refractivity contribution is 6.15. The first-order valence-corrected chi connectivity index (χ1v) is 7.13. The largest absolute Gasteiger partial charge is 0.468 e. The van der Waals surface area contributed by atoms with Crippen LogP contribution in [0.5, 0.6) is 5.75 Å². The third-order valence-electron chi connectivity index (χ3n) is 3.47. The molecule has 0 saturated carbocycles. The van der Waals surface area contributed by atoms with Crippen LogP contribution in [-0.4, -0.2) is 17.9 Å². The fraction of sp³-hybridized carbons (Fsp3) is 0.176. The third-order valence-corrected chi connectivity index (χ3v) is 3.47. The maximum absolute atomic E-state index is 12.3. The Kier molecular flexibility index (Phi) is 3.78. The smallest absolute Gasteiger partial charge is 0.275 e. The van der Waals surface area contributed by atoms with Crippen molar-refractivity contribution in [1.29, 1.82) is 0 Å². The van der Waals surface area contributed by atoms with Crippen LogP contribution in [0.2, 0.25) is 0 Å². The molecule has 2 amide bonds. The van der Waals surface area contributed by atoms with E-state index in [2.05, 4.69) is 10.6 Å². The van der Waals surface area contributed by atoms with Crippen molar-refractivity contribution in [3.05, 3.63) is 54.1 Å². The van der Waals surface area contributed by atoms with Gasteiger partial charge in [0.1, 0.15) is 5.75 Å². The minimum Gasteiger partial charge on any atom is -0.468 e. The molecule has 0 saturated heterocycles. The average molecular weight is 296 g/mol. The molecule has 1 aliphatic heterocycles. The Morgan fingerprint density at radius 2 is 2.05 bits per heavy atom. The van der Waals surface area contributed by atoms with Gasteiger partial charge in [0.25, 0.3) is 17.9 Å². The summed E-state index contributed by atoms with van der Waals surface area (Å²) in [7, 11) is 0. The molecule has 0 bridgehead atoms. The van der Waals surface area contributed by atoms with E-state index in [1.807, 2.05) is 25.1 Å². The number of rotatable bonds is 3. The molecule has 22 heavy (non-hydrogen) atoms. The molecule has 1 aliphatic rings. The van der Waals surface area contributed by atoms with Crippen LogP contribution in [-0.2, 0) is 16.0 Å². The number of hydrogen-bond donors (Lipinski definition) is 2. The molecule has 5 nitrogen and oxygen atoms in total. The van der Waals surface area contributed by atoms with Gasteiger partial charge in [-0.15, -0.1) is 0 Å². The van der Waals surface area contributed by atoms with Gasteiger partial charge < -0.3 is 15.4 Å². The fourth-order valence-corrected chi connectivity index (χ4v) is 2.30. The number of carbonyl (C=O) groups is 2. The van der Waals surface area contributed by atoms with Crippen LogP contribution >= 0.6 is 0 Å². The average Bonchev–Trinajstić information content (AvgIpc) is 2.54. The molecule has 0 fully saturated rings. The highest BCUT2D eigenvalue weighted by Crippen LogP contribution is 2.29. The highest BCUT2D eigenvalue weighted by Gasteiger charge is 2.33. The van der Waals surface area contributed by atoms with E-state index < -0.39 is 17.9 Å². The molecule has 0 radical (unpaired) electrons. The van der Waals surface area contributed by atoms with Crippen molar-refractivity contribution in [3.8, 4) is 5.75 Å². The minimum absolute atomic E-state index is 0.470. The molecule has 0 aliphatic carbocycles. The molecule has 0 aromatic heterocycles. The molecule has 112 valence electrons. The van der Waals surface area contributed by atoms with Gasteiger partial charge in [-0.05, 0) is 36.2 Å². The Hall–Kier alpha value is -2.82. The Morgan fingerprint density at radius 1 is 1.23 bits per heavy atom. The predicted octanol–water partition coefficient (Wildman–Crippen LogP) is 2.59. The Labute approximate surface area is 128 Å². The lowest BCUT2D eigenvalue weighted by Gasteiger charge is -2.24. The number of anilines is 2. The van der Waals surface area contributed by atoms with Crippen LogP contribution in [0.3, 0.4) is 0 Å². The number of nitrogens with one attached hydrogen (secondary N) is 2. The number of amides is 2. The van der Waals surface area contributed by atoms with E-state index in [4.69, 9.17) is 4.74 Å². The van der Waals surface area contributed by atoms with Crippen LogP contribution in [0.4, 0.5) is 11.4 Å². The van der Waals surface area contributed by atoms with Gasteiger partial charge in [-0.3, -0.25) is 9.59 Å². The molecule has 2 aromatic carbocycles. The van der Waals surface area contributed by atoms with Crippen molar-refractivity contribution >= 4 is 23.2 Å². The fourth-order valence-electron chi connectivity index (χ4n) is 2.30. The van der Waals surface area contributed by atoms with Crippen molar-refractivity contribution in [2.24, 2.45) is 0 Å². The molecule has 1 atom stereocenters. The van der Waals surface area contributed by atoms with Crippen LogP contribution < -0.4 is 15.4 Å². The van der Waals surface area contributed by atoms with Crippen molar-refractivity contribution in [3.63, 3.8) is 0 Å². The summed E-state index contributed by atoms with van der Waals surface area (Å²) in [5, 5.41) is 5.40. The SMILES string of the molecule is CCc1cccc(NC(=O)[C@H]2Oc3ccccc3NC2=O)c1. The number of carbonyl (C=O) groups excluding carboxylic acids is 2. The Bertz CT molecular complexity index is 727. The lowest BCUT2D eigenvalue weighted by Crippen LogP contribution is -2.45. The first-order valence-electron chi connectivity index (χ1n) is 7.13. The van der Waals surface area contributed by atoms with Gasteiger partial charge in [-0.25, -0.2) is 0 Å².